The molecule has 0 heterocycles. The van der Waals surface area contributed by atoms with E-state index >= 15 is 0 Å². The Morgan fingerprint density at radius 2 is 2.06 bits per heavy atom. The van der Waals surface area contributed by atoms with Crippen LogP contribution in [0.15, 0.2) is 0 Å². The van der Waals surface area contributed by atoms with E-state index < -0.39 is 5.97 Å². The van der Waals surface area contributed by atoms with Crippen LogP contribution in [0.4, 0.5) is 0 Å². The standard InChI is InChI=1S/C11H17N3O3/c1-13(6-2-5-12)10(15)7-14(8-11(16)17)9-3-4-9/h9H,2-4,6-8H2,1H3,(H,16,17). The van der Waals surface area contributed by atoms with Crippen molar-refractivity contribution in [1.82, 2.24) is 9.80 Å². The van der Waals surface area contributed by atoms with Crippen LogP contribution < -0.4 is 0 Å². The summed E-state index contributed by atoms with van der Waals surface area (Å²) in [6.07, 6.45) is 2.22. The Morgan fingerprint density at radius 3 is 2.53 bits per heavy atom. The molecule has 0 saturated heterocycles. The second kappa shape index (κ2) is 6.21. The van der Waals surface area contributed by atoms with Crippen LogP contribution in [0.2, 0.25) is 0 Å². The number of carboxylic acids is 1. The number of hydrogen-bond donors (Lipinski definition) is 1. The molecule has 1 saturated carbocycles. The molecule has 0 aromatic carbocycles. The van der Waals surface area contributed by atoms with Crippen molar-refractivity contribution in [1.29, 1.82) is 5.26 Å². The Morgan fingerprint density at radius 1 is 1.41 bits per heavy atom. The molecular weight excluding hydrogens is 222 g/mol. The summed E-state index contributed by atoms with van der Waals surface area (Å²) in [5.41, 5.74) is 0. The summed E-state index contributed by atoms with van der Waals surface area (Å²) in [4.78, 5) is 25.6. The molecule has 0 aromatic heterocycles. The molecule has 0 radical (unpaired) electrons. The molecule has 1 N–H and O–H groups in total. The molecule has 0 aromatic rings. The Bertz CT molecular complexity index is 333. The molecule has 1 amide bonds. The molecular formula is C11H17N3O3. The molecule has 17 heavy (non-hydrogen) atoms. The van der Waals surface area contributed by atoms with Gasteiger partial charge in [0, 0.05) is 19.6 Å². The van der Waals surface area contributed by atoms with E-state index in [-0.39, 0.29) is 25.0 Å². The van der Waals surface area contributed by atoms with Crippen molar-refractivity contribution in [2.75, 3.05) is 26.7 Å². The molecule has 1 fully saturated rings. The number of aliphatic carboxylic acids is 1. The fourth-order valence-electron chi connectivity index (χ4n) is 1.56. The summed E-state index contributed by atoms with van der Waals surface area (Å²) in [5.74, 6) is -1.04. The van der Waals surface area contributed by atoms with Crippen LogP contribution in [0.5, 0.6) is 0 Å². The monoisotopic (exact) mass is 239 g/mol. The van der Waals surface area contributed by atoms with Crippen molar-refractivity contribution in [2.45, 2.75) is 25.3 Å². The van der Waals surface area contributed by atoms with Gasteiger partial charge in [-0.15, -0.1) is 0 Å². The smallest absolute Gasteiger partial charge is 0.317 e. The lowest BCUT2D eigenvalue weighted by Gasteiger charge is -2.23. The molecule has 94 valence electrons. The number of nitriles is 1. The van der Waals surface area contributed by atoms with Crippen molar-refractivity contribution in [3.8, 4) is 6.07 Å². The van der Waals surface area contributed by atoms with Crippen molar-refractivity contribution in [2.24, 2.45) is 0 Å². The van der Waals surface area contributed by atoms with Crippen LogP contribution in [0.1, 0.15) is 19.3 Å². The zero-order chi connectivity index (χ0) is 12.8. The quantitative estimate of drug-likeness (QED) is 0.671. The van der Waals surface area contributed by atoms with Gasteiger partial charge in [-0.1, -0.05) is 0 Å². The third-order valence-electron chi connectivity index (χ3n) is 2.72. The first kappa shape index (κ1) is 13.5. The molecule has 1 aliphatic rings. The highest BCUT2D eigenvalue weighted by Crippen LogP contribution is 2.26. The van der Waals surface area contributed by atoms with Crippen LogP contribution in [-0.4, -0.2) is 59.5 Å². The predicted molar refractivity (Wildman–Crippen MR) is 60.1 cm³/mol. The van der Waals surface area contributed by atoms with Gasteiger partial charge in [0.15, 0.2) is 0 Å². The maximum absolute atomic E-state index is 11.8. The maximum atomic E-state index is 11.8. The molecule has 6 nitrogen and oxygen atoms in total. The van der Waals surface area contributed by atoms with E-state index in [0.717, 1.165) is 12.8 Å². The number of carbonyl (C=O) groups is 2. The first-order valence-electron chi connectivity index (χ1n) is 5.61. The first-order chi connectivity index (χ1) is 8.04. The summed E-state index contributed by atoms with van der Waals surface area (Å²) in [7, 11) is 1.63. The van der Waals surface area contributed by atoms with Crippen molar-refractivity contribution < 1.29 is 14.7 Å². The second-order valence-corrected chi connectivity index (χ2v) is 4.25. The highest BCUT2D eigenvalue weighted by atomic mass is 16.4. The summed E-state index contributed by atoms with van der Waals surface area (Å²) >= 11 is 0. The largest absolute Gasteiger partial charge is 0.480 e. The Hall–Kier alpha value is -1.61. The van der Waals surface area contributed by atoms with Crippen molar-refractivity contribution in [3.63, 3.8) is 0 Å². The highest BCUT2D eigenvalue weighted by Gasteiger charge is 2.32. The molecule has 1 aliphatic carbocycles. The molecule has 6 heteroatoms. The lowest BCUT2D eigenvalue weighted by atomic mass is 10.3. The van der Waals surface area contributed by atoms with E-state index in [9.17, 15) is 9.59 Å². The summed E-state index contributed by atoms with van der Waals surface area (Å²) < 4.78 is 0. The molecule has 0 spiro atoms. The molecule has 0 bridgehead atoms. The van der Waals surface area contributed by atoms with E-state index in [1.165, 1.54) is 4.90 Å². The van der Waals surface area contributed by atoms with Gasteiger partial charge in [0.1, 0.15) is 0 Å². The topological polar surface area (TPSA) is 84.6 Å². The zero-order valence-corrected chi connectivity index (χ0v) is 9.93. The number of amides is 1. The summed E-state index contributed by atoms with van der Waals surface area (Å²) in [6, 6.07) is 2.21. The lowest BCUT2D eigenvalue weighted by molar-refractivity contribution is -0.139. The van der Waals surface area contributed by atoms with Crippen LogP contribution in [0.25, 0.3) is 0 Å². The van der Waals surface area contributed by atoms with E-state index in [1.54, 1.807) is 11.9 Å². The minimum Gasteiger partial charge on any atom is -0.480 e. The predicted octanol–water partition coefficient (Wildman–Crippen LogP) is -0.0925. The summed E-state index contributed by atoms with van der Waals surface area (Å²) in [5, 5.41) is 17.2. The second-order valence-electron chi connectivity index (χ2n) is 4.25. The Kier molecular flexibility index (Phi) is 4.91. The Balaban J connectivity index is 2.40. The van der Waals surface area contributed by atoms with Gasteiger partial charge in [-0.25, -0.2) is 0 Å². The average Bonchev–Trinajstić information content (AvgIpc) is 3.07. The minimum absolute atomic E-state index is 0.0947. The van der Waals surface area contributed by atoms with Crippen molar-refractivity contribution in [3.05, 3.63) is 0 Å². The first-order valence-corrected chi connectivity index (χ1v) is 5.61. The maximum Gasteiger partial charge on any atom is 0.317 e. The normalized spacial score (nSPS) is 14.4. The average molecular weight is 239 g/mol. The molecule has 0 unspecified atom stereocenters. The Labute approximate surface area is 100 Å². The van der Waals surface area contributed by atoms with Crippen molar-refractivity contribution >= 4 is 11.9 Å². The summed E-state index contributed by atoms with van der Waals surface area (Å²) in [6.45, 7) is 0.419. The van der Waals surface area contributed by atoms with Gasteiger partial charge in [-0.2, -0.15) is 5.26 Å². The van der Waals surface area contributed by atoms with Gasteiger partial charge in [0.05, 0.1) is 25.6 Å². The van der Waals surface area contributed by atoms with Crippen LogP contribution in [-0.2, 0) is 9.59 Å². The fourth-order valence-corrected chi connectivity index (χ4v) is 1.56. The van der Waals surface area contributed by atoms with Gasteiger partial charge in [0.2, 0.25) is 5.91 Å². The van der Waals surface area contributed by atoms with E-state index in [4.69, 9.17) is 10.4 Å². The van der Waals surface area contributed by atoms with E-state index in [1.807, 2.05) is 6.07 Å². The number of rotatable bonds is 7. The third kappa shape index (κ3) is 4.83. The number of hydrogen-bond acceptors (Lipinski definition) is 4. The third-order valence-corrected chi connectivity index (χ3v) is 2.72. The zero-order valence-electron chi connectivity index (χ0n) is 9.93. The number of likely N-dealkylation sites (N-methyl/N-ethyl adjacent to an activating group) is 1. The number of carbonyl (C=O) groups excluding carboxylic acids is 1. The van der Waals surface area contributed by atoms with Gasteiger partial charge in [-0.05, 0) is 12.8 Å². The van der Waals surface area contributed by atoms with Gasteiger partial charge < -0.3 is 10.0 Å². The molecule has 1 rings (SSSR count). The number of nitrogens with zero attached hydrogens (tertiary/aromatic N) is 3. The molecule has 0 aliphatic heterocycles. The van der Waals surface area contributed by atoms with Gasteiger partial charge in [0.25, 0.3) is 0 Å². The van der Waals surface area contributed by atoms with Crippen LogP contribution >= 0.6 is 0 Å². The van der Waals surface area contributed by atoms with Crippen LogP contribution in [0, 0.1) is 11.3 Å². The number of carboxylic acid groups (broad SMARTS) is 1. The van der Waals surface area contributed by atoms with Gasteiger partial charge >= 0.3 is 5.97 Å². The SMILES string of the molecule is CN(CCC#N)C(=O)CN(CC(=O)O)C1CC1. The minimum atomic E-state index is -0.913. The van der Waals surface area contributed by atoms with E-state index in [2.05, 4.69) is 0 Å². The van der Waals surface area contributed by atoms with Gasteiger partial charge in [-0.3, -0.25) is 14.5 Å². The molecule has 0 atom stereocenters. The van der Waals surface area contributed by atoms with E-state index in [0.29, 0.717) is 13.0 Å². The van der Waals surface area contributed by atoms with Crippen LogP contribution in [0.3, 0.4) is 0 Å². The highest BCUT2D eigenvalue weighted by molar-refractivity contribution is 5.79. The fraction of sp³-hybridized carbons (Fsp3) is 0.727. The lowest BCUT2D eigenvalue weighted by Crippen LogP contribution is -2.42.